The van der Waals surface area contributed by atoms with Crippen molar-refractivity contribution in [3.8, 4) is 0 Å². The van der Waals surface area contributed by atoms with Gasteiger partial charge in [-0.2, -0.15) is 0 Å². The van der Waals surface area contributed by atoms with Gasteiger partial charge >= 0.3 is 5.97 Å². The van der Waals surface area contributed by atoms with E-state index in [0.717, 1.165) is 30.4 Å². The molecule has 0 unspecified atom stereocenters. The summed E-state index contributed by atoms with van der Waals surface area (Å²) < 4.78 is 5.82. The molecule has 2 heterocycles. The summed E-state index contributed by atoms with van der Waals surface area (Å²) >= 11 is 0. The van der Waals surface area contributed by atoms with Gasteiger partial charge in [0.05, 0.1) is 5.92 Å². The molecule has 0 spiro atoms. The molecule has 2 atom stereocenters. The third kappa shape index (κ3) is 3.61. The Labute approximate surface area is 141 Å². The minimum absolute atomic E-state index is 0.0640. The second-order valence-corrected chi connectivity index (χ2v) is 6.63. The van der Waals surface area contributed by atoms with E-state index in [1.807, 2.05) is 42.2 Å². The summed E-state index contributed by atoms with van der Waals surface area (Å²) in [7, 11) is 0. The zero-order valence-corrected chi connectivity index (χ0v) is 13.9. The summed E-state index contributed by atoms with van der Waals surface area (Å²) in [6.07, 6.45) is 2.74. The monoisotopic (exact) mass is 329 g/mol. The SMILES string of the molecule is C[C@@H](C(=O)N1CCC[C@H](CCC(=O)O)C1)c1cc2ccccc2o1. The molecule has 0 radical (unpaired) electrons. The first-order valence-electron chi connectivity index (χ1n) is 8.53. The number of rotatable bonds is 5. The molecule has 128 valence electrons. The van der Waals surface area contributed by atoms with E-state index in [0.29, 0.717) is 18.7 Å². The topological polar surface area (TPSA) is 70.8 Å². The molecule has 1 fully saturated rings. The van der Waals surface area contributed by atoms with Crippen molar-refractivity contribution in [2.24, 2.45) is 5.92 Å². The van der Waals surface area contributed by atoms with E-state index in [9.17, 15) is 9.59 Å². The Bertz CT molecular complexity index is 703. The van der Waals surface area contributed by atoms with Gasteiger partial charge in [0.25, 0.3) is 0 Å². The standard InChI is InChI=1S/C19H23NO4/c1-13(17-11-15-6-2-3-7-16(15)24-17)19(23)20-10-4-5-14(12-20)8-9-18(21)22/h2-3,6-7,11,13-14H,4-5,8-10,12H2,1H3,(H,21,22)/t13-,14-/m1/s1. The van der Waals surface area contributed by atoms with Gasteiger partial charge in [-0.15, -0.1) is 0 Å². The molecule has 1 aromatic heterocycles. The van der Waals surface area contributed by atoms with Crippen molar-refractivity contribution < 1.29 is 19.1 Å². The molecule has 2 aromatic rings. The minimum Gasteiger partial charge on any atom is -0.481 e. The summed E-state index contributed by atoms with van der Waals surface area (Å²) in [6.45, 7) is 3.27. The Morgan fingerprint density at radius 2 is 2.17 bits per heavy atom. The molecule has 1 amide bonds. The number of hydrogen-bond acceptors (Lipinski definition) is 3. The van der Waals surface area contributed by atoms with E-state index in [1.54, 1.807) is 0 Å². The normalized spacial score (nSPS) is 19.4. The van der Waals surface area contributed by atoms with Crippen molar-refractivity contribution in [3.63, 3.8) is 0 Å². The number of piperidine rings is 1. The Balaban J connectivity index is 1.67. The van der Waals surface area contributed by atoms with Crippen molar-refractivity contribution in [1.82, 2.24) is 4.90 Å². The third-order valence-corrected chi connectivity index (χ3v) is 4.84. The quantitative estimate of drug-likeness (QED) is 0.909. The molecule has 1 saturated heterocycles. The van der Waals surface area contributed by atoms with Crippen LogP contribution in [0.15, 0.2) is 34.7 Å². The third-order valence-electron chi connectivity index (χ3n) is 4.84. The summed E-state index contributed by atoms with van der Waals surface area (Å²) in [5.74, 6) is -0.0608. The average molecular weight is 329 g/mol. The van der Waals surface area contributed by atoms with Crippen molar-refractivity contribution in [2.45, 2.75) is 38.5 Å². The fourth-order valence-electron chi connectivity index (χ4n) is 3.44. The van der Waals surface area contributed by atoms with Crippen molar-refractivity contribution >= 4 is 22.8 Å². The number of fused-ring (bicyclic) bond motifs is 1. The molecule has 0 aliphatic carbocycles. The lowest BCUT2D eigenvalue weighted by Gasteiger charge is -2.34. The number of carbonyl (C=O) groups is 2. The van der Waals surface area contributed by atoms with Gasteiger partial charge < -0.3 is 14.4 Å². The maximum Gasteiger partial charge on any atom is 0.303 e. The van der Waals surface area contributed by atoms with Gasteiger partial charge in [0.1, 0.15) is 11.3 Å². The lowest BCUT2D eigenvalue weighted by atomic mass is 9.92. The van der Waals surface area contributed by atoms with Gasteiger partial charge in [-0.1, -0.05) is 18.2 Å². The number of hydrogen-bond donors (Lipinski definition) is 1. The molecule has 5 nitrogen and oxygen atoms in total. The molecule has 1 aromatic carbocycles. The molecule has 1 aliphatic rings. The van der Waals surface area contributed by atoms with Crippen LogP contribution in [0, 0.1) is 5.92 Å². The molecule has 1 aliphatic heterocycles. The van der Waals surface area contributed by atoms with Crippen LogP contribution in [0.25, 0.3) is 11.0 Å². The number of carboxylic acid groups (broad SMARTS) is 1. The van der Waals surface area contributed by atoms with Crippen LogP contribution in [0.5, 0.6) is 0 Å². The number of aliphatic carboxylic acids is 1. The Kier molecular flexibility index (Phi) is 4.88. The van der Waals surface area contributed by atoms with E-state index in [2.05, 4.69) is 0 Å². The van der Waals surface area contributed by atoms with Gasteiger partial charge in [-0.3, -0.25) is 9.59 Å². The van der Waals surface area contributed by atoms with Crippen molar-refractivity contribution in [2.75, 3.05) is 13.1 Å². The first kappa shape index (κ1) is 16.6. The number of carbonyl (C=O) groups excluding carboxylic acids is 1. The molecule has 0 saturated carbocycles. The first-order chi connectivity index (χ1) is 11.5. The fraction of sp³-hybridized carbons (Fsp3) is 0.474. The van der Waals surface area contributed by atoms with Gasteiger partial charge in [0.15, 0.2) is 0 Å². The van der Waals surface area contributed by atoms with E-state index in [4.69, 9.17) is 9.52 Å². The van der Waals surface area contributed by atoms with Crippen LogP contribution in [0.2, 0.25) is 0 Å². The minimum atomic E-state index is -0.769. The van der Waals surface area contributed by atoms with E-state index in [1.165, 1.54) is 0 Å². The summed E-state index contributed by atoms with van der Waals surface area (Å²) in [5, 5.41) is 9.84. The first-order valence-corrected chi connectivity index (χ1v) is 8.53. The maximum atomic E-state index is 12.8. The highest BCUT2D eigenvalue weighted by Crippen LogP contribution is 2.28. The molecular formula is C19H23NO4. The summed E-state index contributed by atoms with van der Waals surface area (Å²) in [6, 6.07) is 9.68. The highest BCUT2D eigenvalue weighted by molar-refractivity contribution is 5.85. The molecule has 5 heteroatoms. The number of likely N-dealkylation sites (tertiary alicyclic amines) is 1. The Morgan fingerprint density at radius 1 is 1.38 bits per heavy atom. The second kappa shape index (κ2) is 7.07. The largest absolute Gasteiger partial charge is 0.481 e. The number of furan rings is 1. The highest BCUT2D eigenvalue weighted by atomic mass is 16.4. The van der Waals surface area contributed by atoms with Crippen LogP contribution in [0.4, 0.5) is 0 Å². The summed E-state index contributed by atoms with van der Waals surface area (Å²) in [5.41, 5.74) is 0.796. The number of amides is 1. The fourth-order valence-corrected chi connectivity index (χ4v) is 3.44. The highest BCUT2D eigenvalue weighted by Gasteiger charge is 2.29. The lowest BCUT2D eigenvalue weighted by Crippen LogP contribution is -2.41. The molecule has 24 heavy (non-hydrogen) atoms. The summed E-state index contributed by atoms with van der Waals surface area (Å²) in [4.78, 5) is 25.4. The van der Waals surface area contributed by atoms with Crippen LogP contribution < -0.4 is 0 Å². The molecule has 0 bridgehead atoms. The maximum absolute atomic E-state index is 12.8. The molecule has 1 N–H and O–H groups in total. The molecule has 3 rings (SSSR count). The zero-order valence-electron chi connectivity index (χ0n) is 13.9. The zero-order chi connectivity index (χ0) is 17.1. The van der Waals surface area contributed by atoms with Gasteiger partial charge in [-0.25, -0.2) is 0 Å². The van der Waals surface area contributed by atoms with Crippen LogP contribution >= 0.6 is 0 Å². The smallest absolute Gasteiger partial charge is 0.303 e. The van der Waals surface area contributed by atoms with E-state index in [-0.39, 0.29) is 24.2 Å². The Hall–Kier alpha value is -2.30. The number of benzene rings is 1. The second-order valence-electron chi connectivity index (χ2n) is 6.63. The van der Waals surface area contributed by atoms with Gasteiger partial charge in [-0.05, 0) is 44.2 Å². The predicted octanol–water partition coefficient (Wildman–Crippen LogP) is 3.64. The van der Waals surface area contributed by atoms with Crippen LogP contribution in [-0.4, -0.2) is 35.0 Å². The van der Waals surface area contributed by atoms with Gasteiger partial charge in [0.2, 0.25) is 5.91 Å². The van der Waals surface area contributed by atoms with E-state index >= 15 is 0 Å². The predicted molar refractivity (Wildman–Crippen MR) is 90.8 cm³/mol. The van der Waals surface area contributed by atoms with Gasteiger partial charge in [0, 0.05) is 24.9 Å². The Morgan fingerprint density at radius 3 is 2.92 bits per heavy atom. The van der Waals surface area contributed by atoms with Crippen molar-refractivity contribution in [3.05, 3.63) is 36.1 Å². The lowest BCUT2D eigenvalue weighted by molar-refractivity contribution is -0.137. The van der Waals surface area contributed by atoms with Crippen molar-refractivity contribution in [1.29, 1.82) is 0 Å². The molecular weight excluding hydrogens is 306 g/mol. The number of nitrogens with zero attached hydrogens (tertiary/aromatic N) is 1. The van der Waals surface area contributed by atoms with E-state index < -0.39 is 5.97 Å². The van der Waals surface area contributed by atoms with Crippen LogP contribution in [0.1, 0.15) is 44.3 Å². The number of para-hydroxylation sites is 1. The van der Waals surface area contributed by atoms with Crippen LogP contribution in [0.3, 0.4) is 0 Å². The number of carboxylic acids is 1. The van der Waals surface area contributed by atoms with Crippen LogP contribution in [-0.2, 0) is 9.59 Å². The average Bonchev–Trinajstić information content (AvgIpc) is 3.03.